The molecular formula is C37H21N3S2. The third kappa shape index (κ3) is 3.75. The molecule has 3 heterocycles. The summed E-state index contributed by atoms with van der Waals surface area (Å²) in [6.07, 6.45) is 0. The Balaban J connectivity index is 1.32. The van der Waals surface area contributed by atoms with Crippen LogP contribution in [-0.2, 0) is 0 Å². The van der Waals surface area contributed by atoms with E-state index in [1.54, 1.807) is 11.3 Å². The van der Waals surface area contributed by atoms with Crippen LogP contribution in [0.5, 0.6) is 0 Å². The molecule has 0 atom stereocenters. The van der Waals surface area contributed by atoms with Gasteiger partial charge in [-0.15, -0.1) is 22.7 Å². The van der Waals surface area contributed by atoms with Crippen LogP contribution in [0.3, 0.4) is 0 Å². The molecule has 6 aromatic carbocycles. The van der Waals surface area contributed by atoms with E-state index in [0.717, 1.165) is 22.1 Å². The number of fused-ring (bicyclic) bond motifs is 7. The van der Waals surface area contributed by atoms with Crippen molar-refractivity contribution in [3.63, 3.8) is 0 Å². The summed E-state index contributed by atoms with van der Waals surface area (Å²) in [7, 11) is 0. The molecule has 196 valence electrons. The third-order valence-electron chi connectivity index (χ3n) is 7.92. The zero-order valence-corrected chi connectivity index (χ0v) is 23.9. The number of benzene rings is 6. The molecule has 0 amide bonds. The lowest BCUT2D eigenvalue weighted by atomic mass is 10.0. The zero-order valence-electron chi connectivity index (χ0n) is 22.3. The van der Waals surface area contributed by atoms with E-state index in [2.05, 4.69) is 127 Å². The van der Waals surface area contributed by atoms with E-state index in [1.807, 2.05) is 11.3 Å². The van der Waals surface area contributed by atoms with Gasteiger partial charge in [-0.2, -0.15) is 0 Å². The molecule has 9 aromatic rings. The quantitative estimate of drug-likeness (QED) is 0.212. The summed E-state index contributed by atoms with van der Waals surface area (Å²) in [5, 5.41) is 7.27. The summed E-state index contributed by atoms with van der Waals surface area (Å²) in [5.74, 6) is 2.04. The molecule has 0 saturated heterocycles. The normalized spacial score (nSPS) is 11.8. The summed E-state index contributed by atoms with van der Waals surface area (Å²) in [6, 6.07) is 45.0. The molecule has 0 aliphatic carbocycles. The SMILES string of the molecule is c1ccc2cc(-c3nc(-c4ccc5sc6ccccc6c5c4)nc(-c4cccc5sc6ccccc6c45)n3)ccc2c1. The first-order valence-electron chi connectivity index (χ1n) is 13.9. The van der Waals surface area contributed by atoms with Crippen molar-refractivity contribution in [2.45, 2.75) is 0 Å². The van der Waals surface area contributed by atoms with Gasteiger partial charge in [0.05, 0.1) is 0 Å². The van der Waals surface area contributed by atoms with E-state index in [0.29, 0.717) is 17.5 Å². The summed E-state index contributed by atoms with van der Waals surface area (Å²) in [4.78, 5) is 15.4. The highest BCUT2D eigenvalue weighted by molar-refractivity contribution is 7.26. The van der Waals surface area contributed by atoms with Crippen molar-refractivity contribution in [1.29, 1.82) is 0 Å². The van der Waals surface area contributed by atoms with Crippen LogP contribution in [0.25, 0.3) is 85.3 Å². The van der Waals surface area contributed by atoms with Gasteiger partial charge in [0.1, 0.15) is 0 Å². The van der Waals surface area contributed by atoms with Gasteiger partial charge in [-0.3, -0.25) is 0 Å². The summed E-state index contributed by atoms with van der Waals surface area (Å²) >= 11 is 3.62. The number of nitrogens with zero attached hydrogens (tertiary/aromatic N) is 3. The maximum absolute atomic E-state index is 5.16. The van der Waals surface area contributed by atoms with Crippen molar-refractivity contribution >= 4 is 73.8 Å². The second kappa shape index (κ2) is 9.28. The van der Waals surface area contributed by atoms with E-state index in [1.165, 1.54) is 45.7 Å². The first-order valence-corrected chi connectivity index (χ1v) is 15.5. The summed E-state index contributed by atoms with van der Waals surface area (Å²) in [6.45, 7) is 0. The van der Waals surface area contributed by atoms with E-state index in [-0.39, 0.29) is 0 Å². The molecular weight excluding hydrogens is 551 g/mol. The number of rotatable bonds is 3. The Hall–Kier alpha value is -4.97. The van der Waals surface area contributed by atoms with Gasteiger partial charge in [0.25, 0.3) is 0 Å². The van der Waals surface area contributed by atoms with E-state index < -0.39 is 0 Å². The molecule has 0 fully saturated rings. The fourth-order valence-corrected chi connectivity index (χ4v) is 8.13. The standard InChI is InChI=1S/C37H21N3S2/c1-2-9-23-20-24(17-16-22(23)8-1)35-38-36(25-18-19-32-29(21-25)26-10-3-5-13-30(26)41-32)40-37(39-35)28-12-7-15-33-34(28)27-11-4-6-14-31(27)42-33/h1-21H. The molecule has 0 aliphatic rings. The van der Waals surface area contributed by atoms with Gasteiger partial charge < -0.3 is 0 Å². The molecule has 3 nitrogen and oxygen atoms in total. The fraction of sp³-hybridized carbons (Fsp3) is 0. The van der Waals surface area contributed by atoms with Gasteiger partial charge in [0.15, 0.2) is 17.5 Å². The predicted molar refractivity (Wildman–Crippen MR) is 179 cm³/mol. The molecule has 3 aromatic heterocycles. The van der Waals surface area contributed by atoms with E-state index in [4.69, 9.17) is 15.0 Å². The lowest BCUT2D eigenvalue weighted by Gasteiger charge is -2.10. The third-order valence-corrected chi connectivity index (χ3v) is 10.2. The topological polar surface area (TPSA) is 38.7 Å². The second-order valence-corrected chi connectivity index (χ2v) is 12.6. The Bertz CT molecular complexity index is 2490. The number of thiophene rings is 2. The van der Waals surface area contributed by atoms with Crippen LogP contribution in [0, 0.1) is 0 Å². The minimum Gasteiger partial charge on any atom is -0.208 e. The maximum atomic E-state index is 5.16. The van der Waals surface area contributed by atoms with Crippen LogP contribution in [0.2, 0.25) is 0 Å². The number of hydrogen-bond donors (Lipinski definition) is 0. The highest BCUT2D eigenvalue weighted by atomic mass is 32.1. The highest BCUT2D eigenvalue weighted by Crippen LogP contribution is 2.40. The van der Waals surface area contributed by atoms with Crippen molar-refractivity contribution in [1.82, 2.24) is 15.0 Å². The van der Waals surface area contributed by atoms with Gasteiger partial charge >= 0.3 is 0 Å². The average Bonchev–Trinajstić information content (AvgIpc) is 3.62. The molecule has 0 N–H and O–H groups in total. The van der Waals surface area contributed by atoms with Crippen LogP contribution in [0.4, 0.5) is 0 Å². The Morgan fingerprint density at radius 1 is 0.381 bits per heavy atom. The minimum atomic E-state index is 0.674. The maximum Gasteiger partial charge on any atom is 0.164 e. The van der Waals surface area contributed by atoms with Crippen LogP contribution in [0.1, 0.15) is 0 Å². The molecule has 0 spiro atoms. The molecule has 9 rings (SSSR count). The lowest BCUT2D eigenvalue weighted by Crippen LogP contribution is -2.00. The zero-order chi connectivity index (χ0) is 27.6. The van der Waals surface area contributed by atoms with Crippen molar-refractivity contribution in [2.24, 2.45) is 0 Å². The average molecular weight is 572 g/mol. The van der Waals surface area contributed by atoms with Crippen LogP contribution in [0.15, 0.2) is 127 Å². The van der Waals surface area contributed by atoms with Crippen LogP contribution in [-0.4, -0.2) is 15.0 Å². The second-order valence-electron chi connectivity index (χ2n) is 10.5. The van der Waals surface area contributed by atoms with Gasteiger partial charge in [0, 0.05) is 57.0 Å². The van der Waals surface area contributed by atoms with Crippen molar-refractivity contribution < 1.29 is 0 Å². The highest BCUT2D eigenvalue weighted by Gasteiger charge is 2.17. The predicted octanol–water partition coefficient (Wildman–Crippen LogP) is 10.8. The Kier molecular flexibility index (Phi) is 5.24. The van der Waals surface area contributed by atoms with Crippen LogP contribution >= 0.6 is 22.7 Å². The molecule has 42 heavy (non-hydrogen) atoms. The molecule has 5 heteroatoms. The van der Waals surface area contributed by atoms with Gasteiger partial charge in [-0.1, -0.05) is 84.9 Å². The van der Waals surface area contributed by atoms with Crippen molar-refractivity contribution in [2.75, 3.05) is 0 Å². The molecule has 0 unspecified atom stereocenters. The summed E-state index contributed by atoms with van der Waals surface area (Å²) in [5.41, 5.74) is 2.99. The van der Waals surface area contributed by atoms with Crippen molar-refractivity contribution in [3.8, 4) is 34.2 Å². The van der Waals surface area contributed by atoms with E-state index >= 15 is 0 Å². The fourth-order valence-electron chi connectivity index (χ4n) is 5.91. The van der Waals surface area contributed by atoms with Crippen molar-refractivity contribution in [3.05, 3.63) is 127 Å². The van der Waals surface area contributed by atoms with Gasteiger partial charge in [-0.05, 0) is 53.2 Å². The largest absolute Gasteiger partial charge is 0.208 e. The van der Waals surface area contributed by atoms with Gasteiger partial charge in [0.2, 0.25) is 0 Å². The Morgan fingerprint density at radius 2 is 0.976 bits per heavy atom. The molecule has 0 saturated carbocycles. The summed E-state index contributed by atoms with van der Waals surface area (Å²) < 4.78 is 5.04. The Morgan fingerprint density at radius 3 is 1.83 bits per heavy atom. The first kappa shape index (κ1) is 23.7. The first-order chi connectivity index (χ1) is 20.8. The smallest absolute Gasteiger partial charge is 0.164 e. The number of aromatic nitrogens is 3. The molecule has 0 aliphatic heterocycles. The molecule has 0 radical (unpaired) electrons. The minimum absolute atomic E-state index is 0.674. The Labute approximate surface area is 249 Å². The molecule has 0 bridgehead atoms. The number of hydrogen-bond acceptors (Lipinski definition) is 5. The van der Waals surface area contributed by atoms with Gasteiger partial charge in [-0.25, -0.2) is 15.0 Å². The lowest BCUT2D eigenvalue weighted by molar-refractivity contribution is 1.08. The van der Waals surface area contributed by atoms with Crippen LogP contribution < -0.4 is 0 Å². The monoisotopic (exact) mass is 571 g/mol. The van der Waals surface area contributed by atoms with E-state index in [9.17, 15) is 0 Å².